The Morgan fingerprint density at radius 2 is 1.90 bits per heavy atom. The first-order valence-electron chi connectivity index (χ1n) is 7.36. The second-order valence-electron chi connectivity index (χ2n) is 4.82. The summed E-state index contributed by atoms with van der Waals surface area (Å²) < 4.78 is 4.59. The summed E-state index contributed by atoms with van der Waals surface area (Å²) in [6, 6.07) is 8.25. The third-order valence-electron chi connectivity index (χ3n) is 3.19. The quantitative estimate of drug-likeness (QED) is 0.438. The van der Waals surface area contributed by atoms with Crippen LogP contribution in [0.25, 0.3) is 0 Å². The van der Waals surface area contributed by atoms with E-state index >= 15 is 0 Å². The van der Waals surface area contributed by atoms with Crippen LogP contribution < -0.4 is 10.6 Å². The van der Waals surface area contributed by atoms with Gasteiger partial charge in [-0.1, -0.05) is 25.5 Å². The first-order valence-corrected chi connectivity index (χ1v) is 7.77. The summed E-state index contributed by atoms with van der Waals surface area (Å²) in [5.41, 5.74) is 2.31. The van der Waals surface area contributed by atoms with E-state index in [0.29, 0.717) is 11.5 Å². The van der Waals surface area contributed by atoms with Crippen molar-refractivity contribution in [1.82, 2.24) is 5.32 Å². The van der Waals surface area contributed by atoms with Crippen LogP contribution in [0.1, 0.15) is 38.2 Å². The monoisotopic (exact) mass is 308 g/mol. The summed E-state index contributed by atoms with van der Waals surface area (Å²) in [5.74, 6) is -0.143. The molecule has 0 saturated carbocycles. The van der Waals surface area contributed by atoms with Gasteiger partial charge in [0.15, 0.2) is 5.11 Å². The number of carbonyl (C=O) groups is 1. The zero-order chi connectivity index (χ0) is 15.5. The zero-order valence-electron chi connectivity index (χ0n) is 12.8. The van der Waals surface area contributed by atoms with Crippen molar-refractivity contribution in [2.45, 2.75) is 39.0 Å². The molecule has 0 spiro atoms. The minimum Gasteiger partial charge on any atom is -0.469 e. The van der Waals surface area contributed by atoms with Gasteiger partial charge >= 0.3 is 5.97 Å². The van der Waals surface area contributed by atoms with Crippen molar-refractivity contribution in [1.29, 1.82) is 0 Å². The van der Waals surface area contributed by atoms with E-state index in [4.69, 9.17) is 12.2 Å². The molecule has 0 aliphatic rings. The Kier molecular flexibility index (Phi) is 8.43. The molecule has 1 aromatic carbocycles. The molecule has 0 unspecified atom stereocenters. The van der Waals surface area contributed by atoms with Gasteiger partial charge < -0.3 is 15.4 Å². The summed E-state index contributed by atoms with van der Waals surface area (Å²) in [7, 11) is 1.42. The molecule has 0 saturated heterocycles. The molecule has 1 rings (SSSR count). The number of anilines is 1. The van der Waals surface area contributed by atoms with E-state index in [1.54, 1.807) is 0 Å². The highest BCUT2D eigenvalue weighted by Crippen LogP contribution is 2.09. The van der Waals surface area contributed by atoms with Crippen molar-refractivity contribution >= 4 is 29.0 Å². The highest BCUT2D eigenvalue weighted by molar-refractivity contribution is 7.80. The number of esters is 1. The maximum atomic E-state index is 10.9. The number of thiocarbonyl (C=S) groups is 1. The number of benzene rings is 1. The highest BCUT2D eigenvalue weighted by atomic mass is 32.1. The SMILES string of the molecule is CCc1ccc(NC(=S)NCCCCCC(=O)OC)cc1. The minimum atomic E-state index is -0.143. The summed E-state index contributed by atoms with van der Waals surface area (Å²) in [4.78, 5) is 10.9. The molecule has 21 heavy (non-hydrogen) atoms. The molecule has 0 aliphatic carbocycles. The number of hydrogen-bond acceptors (Lipinski definition) is 3. The molecule has 0 fully saturated rings. The standard InChI is InChI=1S/C16H24N2O2S/c1-3-13-8-10-14(11-9-13)18-16(21)17-12-6-4-5-7-15(19)20-2/h8-11H,3-7,12H2,1-2H3,(H2,17,18,21). The molecule has 4 nitrogen and oxygen atoms in total. The molecule has 1 aromatic rings. The van der Waals surface area contributed by atoms with Crippen molar-refractivity contribution in [2.75, 3.05) is 19.0 Å². The average Bonchev–Trinajstić information content (AvgIpc) is 2.51. The first-order chi connectivity index (χ1) is 10.2. The van der Waals surface area contributed by atoms with Gasteiger partial charge in [-0.25, -0.2) is 0 Å². The lowest BCUT2D eigenvalue weighted by Crippen LogP contribution is -2.29. The second kappa shape index (κ2) is 10.2. The summed E-state index contributed by atoms with van der Waals surface area (Å²) in [6.45, 7) is 2.94. The Hall–Kier alpha value is -1.62. The van der Waals surface area contributed by atoms with E-state index in [1.807, 2.05) is 12.1 Å². The Balaban J connectivity index is 2.12. The van der Waals surface area contributed by atoms with Gasteiger partial charge in [-0.05, 0) is 49.2 Å². The molecule has 0 aliphatic heterocycles. The van der Waals surface area contributed by atoms with Gasteiger partial charge in [0.25, 0.3) is 0 Å². The molecular formula is C16H24N2O2S. The lowest BCUT2D eigenvalue weighted by Gasteiger charge is -2.10. The fourth-order valence-electron chi connectivity index (χ4n) is 1.87. The number of aryl methyl sites for hydroxylation is 1. The molecular weight excluding hydrogens is 284 g/mol. The first kappa shape index (κ1) is 17.4. The number of nitrogens with one attached hydrogen (secondary N) is 2. The Morgan fingerprint density at radius 3 is 2.52 bits per heavy atom. The average molecular weight is 308 g/mol. The number of methoxy groups -OCH3 is 1. The van der Waals surface area contributed by atoms with Gasteiger partial charge in [0.1, 0.15) is 0 Å². The predicted octanol–water partition coefficient (Wildman–Crippen LogP) is 3.27. The van der Waals surface area contributed by atoms with Crippen LogP contribution in [0.5, 0.6) is 0 Å². The lowest BCUT2D eigenvalue weighted by molar-refractivity contribution is -0.140. The maximum absolute atomic E-state index is 10.9. The van der Waals surface area contributed by atoms with Gasteiger partial charge in [-0.15, -0.1) is 0 Å². The van der Waals surface area contributed by atoms with Crippen molar-refractivity contribution in [3.05, 3.63) is 29.8 Å². The Bertz CT molecular complexity index is 446. The van der Waals surface area contributed by atoms with Crippen LogP contribution in [-0.2, 0) is 16.0 Å². The second-order valence-corrected chi connectivity index (χ2v) is 5.23. The lowest BCUT2D eigenvalue weighted by atomic mass is 10.1. The molecule has 0 atom stereocenters. The van der Waals surface area contributed by atoms with Crippen LogP contribution in [0.3, 0.4) is 0 Å². The Labute approximate surface area is 132 Å². The van der Waals surface area contributed by atoms with Gasteiger partial charge in [-0.2, -0.15) is 0 Å². The van der Waals surface area contributed by atoms with E-state index in [2.05, 4.69) is 34.4 Å². The number of ether oxygens (including phenoxy) is 1. The predicted molar refractivity (Wildman–Crippen MR) is 90.5 cm³/mol. The highest BCUT2D eigenvalue weighted by Gasteiger charge is 2.00. The number of unbranched alkanes of at least 4 members (excludes halogenated alkanes) is 2. The van der Waals surface area contributed by atoms with Gasteiger partial charge in [0.2, 0.25) is 0 Å². The number of carbonyl (C=O) groups excluding carboxylic acids is 1. The van der Waals surface area contributed by atoms with Crippen molar-refractivity contribution in [3.63, 3.8) is 0 Å². The third-order valence-corrected chi connectivity index (χ3v) is 3.44. The fraction of sp³-hybridized carbons (Fsp3) is 0.500. The van der Waals surface area contributed by atoms with Gasteiger partial charge in [-0.3, -0.25) is 4.79 Å². The van der Waals surface area contributed by atoms with Crippen LogP contribution in [0.15, 0.2) is 24.3 Å². The Morgan fingerprint density at radius 1 is 1.19 bits per heavy atom. The molecule has 0 bridgehead atoms. The van der Waals surface area contributed by atoms with Crippen molar-refractivity contribution in [3.8, 4) is 0 Å². The van der Waals surface area contributed by atoms with E-state index < -0.39 is 0 Å². The van der Waals surface area contributed by atoms with Crippen molar-refractivity contribution in [2.24, 2.45) is 0 Å². The van der Waals surface area contributed by atoms with E-state index in [0.717, 1.165) is 37.9 Å². The van der Waals surface area contributed by atoms with Crippen LogP contribution in [0, 0.1) is 0 Å². The molecule has 2 N–H and O–H groups in total. The molecule has 5 heteroatoms. The zero-order valence-corrected chi connectivity index (χ0v) is 13.6. The van der Waals surface area contributed by atoms with Crippen LogP contribution in [-0.4, -0.2) is 24.7 Å². The van der Waals surface area contributed by atoms with Gasteiger partial charge in [0, 0.05) is 18.7 Å². The van der Waals surface area contributed by atoms with Crippen LogP contribution >= 0.6 is 12.2 Å². The van der Waals surface area contributed by atoms with E-state index in [1.165, 1.54) is 12.7 Å². The van der Waals surface area contributed by atoms with Crippen LogP contribution in [0.2, 0.25) is 0 Å². The van der Waals surface area contributed by atoms with Crippen molar-refractivity contribution < 1.29 is 9.53 Å². The molecule has 116 valence electrons. The molecule has 0 aromatic heterocycles. The number of hydrogen-bond donors (Lipinski definition) is 2. The largest absolute Gasteiger partial charge is 0.469 e. The minimum absolute atomic E-state index is 0.143. The topological polar surface area (TPSA) is 50.4 Å². The normalized spacial score (nSPS) is 10.0. The van der Waals surface area contributed by atoms with Gasteiger partial charge in [0.05, 0.1) is 7.11 Å². The molecule has 0 radical (unpaired) electrons. The summed E-state index contributed by atoms with van der Waals surface area (Å²) in [5, 5.41) is 6.96. The summed E-state index contributed by atoms with van der Waals surface area (Å²) >= 11 is 5.24. The van der Waals surface area contributed by atoms with Crippen LogP contribution in [0.4, 0.5) is 5.69 Å². The summed E-state index contributed by atoms with van der Waals surface area (Å²) in [6.07, 6.45) is 4.34. The smallest absolute Gasteiger partial charge is 0.305 e. The number of rotatable bonds is 8. The maximum Gasteiger partial charge on any atom is 0.305 e. The van der Waals surface area contributed by atoms with E-state index in [9.17, 15) is 4.79 Å². The fourth-order valence-corrected chi connectivity index (χ4v) is 2.09. The third kappa shape index (κ3) is 7.66. The van der Waals surface area contributed by atoms with E-state index in [-0.39, 0.29) is 5.97 Å². The molecule has 0 heterocycles. The molecule has 0 amide bonds.